The van der Waals surface area contributed by atoms with Crippen LogP contribution in [-0.2, 0) is 28.6 Å². The molecule has 0 aromatic heterocycles. The predicted octanol–water partition coefficient (Wildman–Crippen LogP) is 17.6. The zero-order chi connectivity index (χ0) is 48.6. The van der Waals surface area contributed by atoms with Crippen LogP contribution in [0.15, 0.2) is 146 Å². The van der Waals surface area contributed by atoms with Gasteiger partial charge in [-0.2, -0.15) is 0 Å². The van der Waals surface area contributed by atoms with Crippen LogP contribution in [0.3, 0.4) is 0 Å². The molecule has 0 bridgehead atoms. The van der Waals surface area contributed by atoms with E-state index in [4.69, 9.17) is 14.2 Å². The van der Waals surface area contributed by atoms with Gasteiger partial charge in [0.05, 0.1) is 0 Å². The second kappa shape index (κ2) is 53.9. The average molecular weight is 923 g/mol. The van der Waals surface area contributed by atoms with Gasteiger partial charge >= 0.3 is 17.9 Å². The third kappa shape index (κ3) is 52.1. The Morgan fingerprint density at radius 2 is 0.597 bits per heavy atom. The number of hydrogen-bond acceptors (Lipinski definition) is 6. The van der Waals surface area contributed by atoms with E-state index in [0.29, 0.717) is 25.7 Å². The normalized spacial score (nSPS) is 13.3. The van der Waals surface area contributed by atoms with Gasteiger partial charge in [0.1, 0.15) is 13.2 Å². The van der Waals surface area contributed by atoms with E-state index in [1.165, 1.54) is 77.0 Å². The molecule has 0 N–H and O–H groups in total. The summed E-state index contributed by atoms with van der Waals surface area (Å²) in [7, 11) is 0. The molecule has 67 heavy (non-hydrogen) atoms. The Labute approximate surface area is 410 Å². The molecule has 6 heteroatoms. The Balaban J connectivity index is 4.57. The summed E-state index contributed by atoms with van der Waals surface area (Å²) < 4.78 is 16.7. The van der Waals surface area contributed by atoms with Crippen LogP contribution in [-0.4, -0.2) is 37.2 Å². The van der Waals surface area contributed by atoms with E-state index in [-0.39, 0.29) is 31.1 Å². The topological polar surface area (TPSA) is 78.9 Å². The van der Waals surface area contributed by atoms with Gasteiger partial charge in [0.15, 0.2) is 6.10 Å². The van der Waals surface area contributed by atoms with Crippen LogP contribution in [0.2, 0.25) is 0 Å². The SMILES string of the molecule is CC\C=C/C=C\C=C/C=C\C=C\C=C/C=C\CCCCCC(=O)OCC(COC(=O)CCCCC\C=C/C=C\C=C/C=C\CC)OC(=O)CCCCCCCCC/C=C\CCCCCCCC. The first kappa shape index (κ1) is 62.3. The minimum Gasteiger partial charge on any atom is -0.462 e. The van der Waals surface area contributed by atoms with E-state index >= 15 is 0 Å². The number of carbonyl (C=O) groups is 3. The summed E-state index contributed by atoms with van der Waals surface area (Å²) in [5.74, 6) is -1.02. The lowest BCUT2D eigenvalue weighted by Gasteiger charge is -2.18. The third-order valence-electron chi connectivity index (χ3n) is 10.6. The highest BCUT2D eigenvalue weighted by Crippen LogP contribution is 2.13. The maximum atomic E-state index is 12.8. The highest BCUT2D eigenvalue weighted by atomic mass is 16.6. The summed E-state index contributed by atoms with van der Waals surface area (Å²) in [6.45, 7) is 6.25. The van der Waals surface area contributed by atoms with Crippen molar-refractivity contribution in [1.82, 2.24) is 0 Å². The summed E-state index contributed by atoms with van der Waals surface area (Å²) in [5, 5.41) is 0. The first-order chi connectivity index (χ1) is 33.0. The van der Waals surface area contributed by atoms with E-state index in [9.17, 15) is 14.4 Å². The molecule has 0 saturated carbocycles. The molecule has 6 nitrogen and oxygen atoms in total. The molecule has 0 heterocycles. The van der Waals surface area contributed by atoms with Crippen molar-refractivity contribution in [1.29, 1.82) is 0 Å². The second-order valence-electron chi connectivity index (χ2n) is 16.9. The molecule has 0 amide bonds. The Hall–Kier alpha value is -4.71. The molecular weight excluding hydrogens is 829 g/mol. The molecule has 0 saturated heterocycles. The van der Waals surface area contributed by atoms with Gasteiger partial charge in [-0.1, -0.05) is 244 Å². The molecule has 0 aliphatic heterocycles. The summed E-state index contributed by atoms with van der Waals surface area (Å²) >= 11 is 0. The molecular formula is C61H94O6. The Bertz CT molecular complexity index is 1530. The molecule has 1 unspecified atom stereocenters. The molecule has 0 spiro atoms. The maximum absolute atomic E-state index is 12.8. The molecule has 0 rings (SSSR count). The average Bonchev–Trinajstić information content (AvgIpc) is 3.33. The first-order valence-corrected chi connectivity index (χ1v) is 26.5. The van der Waals surface area contributed by atoms with Crippen LogP contribution >= 0.6 is 0 Å². The van der Waals surface area contributed by atoms with Crippen LogP contribution in [0.25, 0.3) is 0 Å². The molecule has 1 atom stereocenters. The van der Waals surface area contributed by atoms with Crippen molar-refractivity contribution in [2.24, 2.45) is 0 Å². The fourth-order valence-electron chi connectivity index (χ4n) is 6.66. The minimum atomic E-state index is -0.822. The highest BCUT2D eigenvalue weighted by molar-refractivity contribution is 5.71. The number of ether oxygens (including phenoxy) is 3. The number of allylic oxidation sites excluding steroid dienone is 24. The van der Waals surface area contributed by atoms with Crippen molar-refractivity contribution in [3.63, 3.8) is 0 Å². The number of hydrogen-bond donors (Lipinski definition) is 0. The molecule has 374 valence electrons. The zero-order valence-corrected chi connectivity index (χ0v) is 42.6. The zero-order valence-electron chi connectivity index (χ0n) is 42.6. The maximum Gasteiger partial charge on any atom is 0.306 e. The van der Waals surface area contributed by atoms with Crippen molar-refractivity contribution < 1.29 is 28.6 Å². The van der Waals surface area contributed by atoms with E-state index in [2.05, 4.69) is 57.2 Å². The standard InChI is InChI=1S/C61H94O6/c1-4-7-10-13-16-19-22-25-27-29-30-32-33-36-39-42-45-48-51-54-60(63)66-57-58(56-65-59(62)53-50-47-44-41-38-35-24-21-18-15-12-9-6-3)67-61(64)55-52-49-46-43-40-37-34-31-28-26-23-20-17-14-11-8-5-2/h7,9-10,12-13,15-16,18-19,21-22,24-30,32-33,35-36,38-39,58H,4-6,8,11,14,17,20,23,31,34,37,40-57H2,1-3H3/b10-7-,12-9-,16-13-,18-15-,22-19-,24-21-,27-25-,28-26-,30-29+,33-32-,38-35-,39-36-. The number of carbonyl (C=O) groups excluding carboxylic acids is 3. The first-order valence-electron chi connectivity index (χ1n) is 26.5. The summed E-state index contributed by atoms with van der Waals surface area (Å²) in [6.07, 6.45) is 76.8. The summed E-state index contributed by atoms with van der Waals surface area (Å²) in [5.41, 5.74) is 0. The van der Waals surface area contributed by atoms with Crippen LogP contribution in [0.1, 0.15) is 201 Å². The number of unbranched alkanes of at least 4 members (excludes halogenated alkanes) is 19. The highest BCUT2D eigenvalue weighted by Gasteiger charge is 2.19. The molecule has 0 aliphatic carbocycles. The largest absolute Gasteiger partial charge is 0.462 e. The van der Waals surface area contributed by atoms with E-state index in [0.717, 1.165) is 77.0 Å². The van der Waals surface area contributed by atoms with Gasteiger partial charge in [0.2, 0.25) is 0 Å². The lowest BCUT2D eigenvalue weighted by Crippen LogP contribution is -2.30. The fourth-order valence-corrected chi connectivity index (χ4v) is 6.66. The molecule has 0 aromatic carbocycles. The Kier molecular flexibility index (Phi) is 50.1. The van der Waals surface area contributed by atoms with Crippen molar-refractivity contribution in [2.45, 2.75) is 207 Å². The molecule has 0 aliphatic rings. The minimum absolute atomic E-state index is 0.121. The molecule has 0 fully saturated rings. The second-order valence-corrected chi connectivity index (χ2v) is 16.9. The van der Waals surface area contributed by atoms with Crippen LogP contribution in [0, 0.1) is 0 Å². The Morgan fingerprint density at radius 1 is 0.313 bits per heavy atom. The van der Waals surface area contributed by atoms with Gasteiger partial charge in [0.25, 0.3) is 0 Å². The van der Waals surface area contributed by atoms with Crippen LogP contribution < -0.4 is 0 Å². The van der Waals surface area contributed by atoms with Gasteiger partial charge in [-0.3, -0.25) is 14.4 Å². The van der Waals surface area contributed by atoms with Gasteiger partial charge in [-0.15, -0.1) is 0 Å². The molecule has 0 radical (unpaired) electrons. The van der Waals surface area contributed by atoms with Crippen molar-refractivity contribution in [3.8, 4) is 0 Å². The fraction of sp³-hybridized carbons (Fsp3) is 0.557. The summed E-state index contributed by atoms with van der Waals surface area (Å²) in [6, 6.07) is 0. The monoisotopic (exact) mass is 923 g/mol. The predicted molar refractivity (Wildman–Crippen MR) is 288 cm³/mol. The Morgan fingerprint density at radius 3 is 0.970 bits per heavy atom. The van der Waals surface area contributed by atoms with Crippen molar-refractivity contribution in [2.75, 3.05) is 13.2 Å². The smallest absolute Gasteiger partial charge is 0.306 e. The van der Waals surface area contributed by atoms with E-state index < -0.39 is 6.10 Å². The van der Waals surface area contributed by atoms with E-state index in [1.54, 1.807) is 0 Å². The van der Waals surface area contributed by atoms with Crippen LogP contribution in [0.4, 0.5) is 0 Å². The lowest BCUT2D eigenvalue weighted by atomic mass is 10.1. The lowest BCUT2D eigenvalue weighted by molar-refractivity contribution is -0.167. The van der Waals surface area contributed by atoms with Gasteiger partial charge < -0.3 is 14.2 Å². The number of esters is 3. The summed E-state index contributed by atoms with van der Waals surface area (Å²) in [4.78, 5) is 38.0. The number of rotatable bonds is 45. The van der Waals surface area contributed by atoms with Crippen LogP contribution in [0.5, 0.6) is 0 Å². The molecule has 0 aromatic rings. The quantitative estimate of drug-likeness (QED) is 0.0199. The van der Waals surface area contributed by atoms with Gasteiger partial charge in [0, 0.05) is 19.3 Å². The van der Waals surface area contributed by atoms with E-state index in [1.807, 2.05) is 109 Å². The van der Waals surface area contributed by atoms with Crippen molar-refractivity contribution >= 4 is 17.9 Å². The van der Waals surface area contributed by atoms with Crippen molar-refractivity contribution in [3.05, 3.63) is 146 Å². The third-order valence-corrected chi connectivity index (χ3v) is 10.6. The van der Waals surface area contributed by atoms with Gasteiger partial charge in [-0.25, -0.2) is 0 Å². The van der Waals surface area contributed by atoms with Gasteiger partial charge in [-0.05, 0) is 83.5 Å².